The molecule has 3 N–H and O–H groups in total. The fourth-order valence-electron chi connectivity index (χ4n) is 4.00. The summed E-state index contributed by atoms with van der Waals surface area (Å²) in [5.74, 6) is 1.99. The van der Waals surface area contributed by atoms with E-state index in [1.54, 1.807) is 19.5 Å². The van der Waals surface area contributed by atoms with Crippen LogP contribution in [0.15, 0.2) is 48.9 Å². The number of benzene rings is 1. The minimum absolute atomic E-state index is 0.167. The Kier molecular flexibility index (Phi) is 6.99. The van der Waals surface area contributed by atoms with Gasteiger partial charge in [-0.25, -0.2) is 9.97 Å². The van der Waals surface area contributed by atoms with Crippen LogP contribution in [-0.4, -0.2) is 46.0 Å². The second-order valence-electron chi connectivity index (χ2n) is 7.99. The summed E-state index contributed by atoms with van der Waals surface area (Å²) in [4.78, 5) is 27.0. The second-order valence-corrected chi connectivity index (χ2v) is 7.99. The number of carbonyl (C=O) groups excluding carboxylic acids is 1. The van der Waals surface area contributed by atoms with Crippen LogP contribution in [0.3, 0.4) is 0 Å². The summed E-state index contributed by atoms with van der Waals surface area (Å²) in [7, 11) is 1.58. The highest BCUT2D eigenvalue weighted by Crippen LogP contribution is 2.34. The third-order valence-corrected chi connectivity index (χ3v) is 5.60. The van der Waals surface area contributed by atoms with Gasteiger partial charge in [0.2, 0.25) is 0 Å². The first-order chi connectivity index (χ1) is 16.0. The van der Waals surface area contributed by atoms with Gasteiger partial charge in [0.15, 0.2) is 18.1 Å². The number of primary amides is 1. The van der Waals surface area contributed by atoms with Gasteiger partial charge in [-0.05, 0) is 55.6 Å². The summed E-state index contributed by atoms with van der Waals surface area (Å²) in [6.45, 7) is 3.51. The van der Waals surface area contributed by atoms with E-state index in [-0.39, 0.29) is 12.6 Å². The van der Waals surface area contributed by atoms with Crippen LogP contribution < -0.4 is 20.5 Å². The Hall–Kier alpha value is -3.72. The van der Waals surface area contributed by atoms with Crippen LogP contribution >= 0.6 is 0 Å². The molecule has 1 aromatic carbocycles. The molecule has 3 aromatic rings. The highest BCUT2D eigenvalue weighted by molar-refractivity contribution is 5.75. The molecule has 1 amide bonds. The lowest BCUT2D eigenvalue weighted by Crippen LogP contribution is -2.24. The lowest BCUT2D eigenvalue weighted by atomic mass is 10.1. The van der Waals surface area contributed by atoms with E-state index in [1.807, 2.05) is 43.5 Å². The van der Waals surface area contributed by atoms with E-state index in [0.717, 1.165) is 48.6 Å². The number of hydrogen-bond donors (Lipinski definition) is 2. The van der Waals surface area contributed by atoms with Crippen molar-refractivity contribution in [2.24, 2.45) is 5.73 Å². The van der Waals surface area contributed by atoms with Crippen molar-refractivity contribution in [1.82, 2.24) is 19.9 Å². The van der Waals surface area contributed by atoms with E-state index >= 15 is 0 Å². The number of nitrogens with one attached hydrogen (secondary N) is 1. The van der Waals surface area contributed by atoms with E-state index < -0.39 is 5.91 Å². The number of carbonyl (C=O) groups is 1. The SMILES string of the molecule is COc1cc(CN2CCC[C@@H]2c2cncc(Nc3ncccc3C)n2)ccc1OCC(N)=O. The molecular formula is C24H28N6O3. The minimum Gasteiger partial charge on any atom is -0.493 e. The Balaban J connectivity index is 1.48. The molecule has 0 radical (unpaired) electrons. The van der Waals surface area contributed by atoms with Crippen LogP contribution in [0.2, 0.25) is 0 Å². The number of aryl methyl sites for hydroxylation is 1. The first kappa shape index (κ1) is 22.5. The quantitative estimate of drug-likeness (QED) is 0.513. The maximum absolute atomic E-state index is 11.0. The maximum Gasteiger partial charge on any atom is 0.255 e. The first-order valence-electron chi connectivity index (χ1n) is 10.9. The van der Waals surface area contributed by atoms with Crippen LogP contribution in [0, 0.1) is 6.92 Å². The molecule has 1 aliphatic rings. The Labute approximate surface area is 193 Å². The summed E-state index contributed by atoms with van der Waals surface area (Å²) in [5.41, 5.74) is 8.23. The third-order valence-electron chi connectivity index (χ3n) is 5.60. The van der Waals surface area contributed by atoms with E-state index in [0.29, 0.717) is 17.3 Å². The smallest absolute Gasteiger partial charge is 0.255 e. The van der Waals surface area contributed by atoms with Gasteiger partial charge in [0.05, 0.1) is 31.2 Å². The lowest BCUT2D eigenvalue weighted by Gasteiger charge is -2.24. The predicted octanol–water partition coefficient (Wildman–Crippen LogP) is 3.13. The van der Waals surface area contributed by atoms with Crippen molar-refractivity contribution < 1.29 is 14.3 Å². The van der Waals surface area contributed by atoms with Crippen molar-refractivity contribution in [1.29, 1.82) is 0 Å². The fraction of sp³-hybridized carbons (Fsp3) is 0.333. The average molecular weight is 449 g/mol. The predicted molar refractivity (Wildman–Crippen MR) is 124 cm³/mol. The summed E-state index contributed by atoms with van der Waals surface area (Å²) in [6, 6.07) is 9.79. The Morgan fingerprint density at radius 3 is 2.94 bits per heavy atom. The molecule has 9 nitrogen and oxygen atoms in total. The Morgan fingerprint density at radius 2 is 2.15 bits per heavy atom. The Bertz CT molecular complexity index is 1120. The molecule has 0 aliphatic carbocycles. The van der Waals surface area contributed by atoms with Crippen LogP contribution in [0.25, 0.3) is 0 Å². The molecule has 1 atom stereocenters. The van der Waals surface area contributed by atoms with Crippen LogP contribution in [0.4, 0.5) is 11.6 Å². The molecule has 0 saturated carbocycles. The van der Waals surface area contributed by atoms with E-state index in [4.69, 9.17) is 20.2 Å². The molecule has 33 heavy (non-hydrogen) atoms. The number of pyridine rings is 1. The summed E-state index contributed by atoms with van der Waals surface area (Å²) in [5, 5.41) is 3.28. The number of anilines is 2. The standard InChI is InChI=1S/C24H28N6O3/c1-16-5-3-9-27-24(16)29-23-13-26-12-18(28-23)19-6-4-10-30(19)14-17-7-8-20(21(11-17)32-2)33-15-22(25)31/h3,5,7-9,11-13,19H,4,6,10,14-15H2,1-2H3,(H2,25,31)(H,27,28,29)/t19-/m1/s1. The minimum atomic E-state index is -0.530. The zero-order valence-corrected chi connectivity index (χ0v) is 18.8. The number of hydrogen-bond acceptors (Lipinski definition) is 8. The molecule has 1 aliphatic heterocycles. The van der Waals surface area contributed by atoms with Crippen molar-refractivity contribution in [3.8, 4) is 11.5 Å². The maximum atomic E-state index is 11.0. The van der Waals surface area contributed by atoms with Crippen LogP contribution in [0.1, 0.15) is 35.7 Å². The number of aromatic nitrogens is 3. The molecule has 172 valence electrons. The molecule has 1 fully saturated rings. The summed E-state index contributed by atoms with van der Waals surface area (Å²) < 4.78 is 10.9. The van der Waals surface area contributed by atoms with Gasteiger partial charge in [-0.1, -0.05) is 12.1 Å². The third kappa shape index (κ3) is 5.56. The molecule has 9 heteroatoms. The van der Waals surface area contributed by atoms with E-state index in [1.165, 1.54) is 0 Å². The number of likely N-dealkylation sites (tertiary alicyclic amines) is 1. The van der Waals surface area contributed by atoms with Gasteiger partial charge in [-0.3, -0.25) is 14.7 Å². The van der Waals surface area contributed by atoms with Crippen molar-refractivity contribution in [3.63, 3.8) is 0 Å². The highest BCUT2D eigenvalue weighted by Gasteiger charge is 2.28. The molecule has 0 spiro atoms. The van der Waals surface area contributed by atoms with Gasteiger partial charge in [0.1, 0.15) is 11.6 Å². The zero-order chi connectivity index (χ0) is 23.2. The summed E-state index contributed by atoms with van der Waals surface area (Å²) in [6.07, 6.45) is 7.40. The lowest BCUT2D eigenvalue weighted by molar-refractivity contribution is -0.119. The Morgan fingerprint density at radius 1 is 1.27 bits per heavy atom. The van der Waals surface area contributed by atoms with Gasteiger partial charge in [-0.2, -0.15) is 0 Å². The summed E-state index contributed by atoms with van der Waals surface area (Å²) >= 11 is 0. The van der Waals surface area contributed by atoms with Gasteiger partial charge in [0, 0.05) is 12.7 Å². The topological polar surface area (TPSA) is 115 Å². The largest absolute Gasteiger partial charge is 0.493 e. The second kappa shape index (κ2) is 10.3. The molecule has 0 unspecified atom stereocenters. The number of nitrogens with two attached hydrogens (primary N) is 1. The van der Waals surface area contributed by atoms with Crippen LogP contribution in [0.5, 0.6) is 11.5 Å². The molecule has 0 bridgehead atoms. The van der Waals surface area contributed by atoms with Crippen molar-refractivity contribution in [2.75, 3.05) is 25.6 Å². The van der Waals surface area contributed by atoms with Gasteiger partial charge < -0.3 is 20.5 Å². The molecule has 1 saturated heterocycles. The normalized spacial score (nSPS) is 15.9. The number of methoxy groups -OCH3 is 1. The molecule has 2 aromatic heterocycles. The first-order valence-corrected chi connectivity index (χ1v) is 10.9. The van der Waals surface area contributed by atoms with Crippen molar-refractivity contribution >= 4 is 17.5 Å². The number of rotatable bonds is 9. The average Bonchev–Trinajstić information content (AvgIpc) is 3.28. The van der Waals surface area contributed by atoms with Gasteiger partial charge in [-0.15, -0.1) is 0 Å². The monoisotopic (exact) mass is 448 g/mol. The van der Waals surface area contributed by atoms with Gasteiger partial charge >= 0.3 is 0 Å². The molecular weight excluding hydrogens is 420 g/mol. The highest BCUT2D eigenvalue weighted by atomic mass is 16.5. The number of ether oxygens (including phenoxy) is 2. The number of amides is 1. The fourth-order valence-corrected chi connectivity index (χ4v) is 4.00. The van der Waals surface area contributed by atoms with Gasteiger partial charge in [0.25, 0.3) is 5.91 Å². The zero-order valence-electron chi connectivity index (χ0n) is 18.8. The molecule has 3 heterocycles. The van der Waals surface area contributed by atoms with Crippen molar-refractivity contribution in [3.05, 3.63) is 65.7 Å². The molecule has 4 rings (SSSR count). The van der Waals surface area contributed by atoms with Crippen molar-refractivity contribution in [2.45, 2.75) is 32.4 Å². The van der Waals surface area contributed by atoms with Crippen LogP contribution in [-0.2, 0) is 11.3 Å². The van der Waals surface area contributed by atoms with E-state index in [2.05, 4.69) is 20.2 Å². The van der Waals surface area contributed by atoms with E-state index in [9.17, 15) is 4.79 Å². The number of nitrogens with zero attached hydrogens (tertiary/aromatic N) is 4.